The first-order valence-electron chi connectivity index (χ1n) is 19.0. The van der Waals surface area contributed by atoms with Gasteiger partial charge < -0.3 is 20.1 Å². The van der Waals surface area contributed by atoms with Gasteiger partial charge in [0.05, 0.1) is 13.2 Å². The van der Waals surface area contributed by atoms with Crippen molar-refractivity contribution in [2.24, 2.45) is 32.5 Å². The Morgan fingerprint density at radius 2 is 0.780 bits per heavy atom. The van der Waals surface area contributed by atoms with Gasteiger partial charge in [0.25, 0.3) is 0 Å². The molecule has 0 fully saturated rings. The molecule has 0 aliphatic heterocycles. The Morgan fingerprint density at radius 1 is 0.480 bits per heavy atom. The van der Waals surface area contributed by atoms with Crippen molar-refractivity contribution < 1.29 is 19.1 Å². The fourth-order valence-electron chi connectivity index (χ4n) is 4.15. The molecule has 0 radical (unpaired) electrons. The maximum Gasteiger partial charge on any atom is 0.309 e. The van der Waals surface area contributed by atoms with Crippen LogP contribution >= 0.6 is 0 Å². The van der Waals surface area contributed by atoms with E-state index in [0.29, 0.717) is 34.7 Å². The Bertz CT molecular complexity index is 975. The molecule has 0 saturated heterocycles. The number of carbonyl (C=O) groups excluding carboxylic acids is 2. The van der Waals surface area contributed by atoms with Gasteiger partial charge in [0.1, 0.15) is 0 Å². The average molecular weight is 706 g/mol. The first kappa shape index (κ1) is 50.1. The normalized spacial score (nSPS) is 12.7. The summed E-state index contributed by atoms with van der Waals surface area (Å²) in [4.78, 5) is 27.7. The first-order chi connectivity index (χ1) is 22.4. The van der Waals surface area contributed by atoms with E-state index >= 15 is 0 Å². The zero-order valence-corrected chi connectivity index (χ0v) is 36.3. The van der Waals surface area contributed by atoms with E-state index in [9.17, 15) is 9.59 Å². The van der Waals surface area contributed by atoms with Crippen LogP contribution in [0.1, 0.15) is 162 Å². The van der Waals surface area contributed by atoms with Crippen LogP contribution in [0.15, 0.2) is 18.2 Å². The monoisotopic (exact) mass is 706 g/mol. The van der Waals surface area contributed by atoms with Crippen molar-refractivity contribution in [2.45, 2.75) is 163 Å². The van der Waals surface area contributed by atoms with Crippen LogP contribution in [-0.2, 0) is 31.9 Å². The number of amides is 2. The Morgan fingerprint density at radius 3 is 1.04 bits per heavy atom. The molecule has 0 spiro atoms. The Labute approximate surface area is 310 Å². The highest BCUT2D eigenvalue weighted by atomic mass is 16.5. The lowest BCUT2D eigenvalue weighted by Crippen LogP contribution is -2.41. The molecule has 294 valence electrons. The molecule has 2 amide bonds. The van der Waals surface area contributed by atoms with Crippen molar-refractivity contribution in [1.29, 1.82) is 0 Å². The molecule has 1 aromatic rings. The number of hydrogen-bond acceptors (Lipinski definition) is 5. The van der Waals surface area contributed by atoms with E-state index in [1.807, 2.05) is 0 Å². The van der Waals surface area contributed by atoms with E-state index in [-0.39, 0.29) is 10.8 Å². The smallest absolute Gasteiger partial charge is 0.309 e. The molecule has 0 aliphatic rings. The van der Waals surface area contributed by atoms with Gasteiger partial charge in [-0.25, -0.2) is 0 Å². The summed E-state index contributed by atoms with van der Waals surface area (Å²) in [6, 6.07) is 6.41. The van der Waals surface area contributed by atoms with E-state index in [4.69, 9.17) is 14.5 Å². The lowest BCUT2D eigenvalue weighted by atomic mass is 9.88. The largest absolute Gasteiger partial charge is 0.379 e. The number of rotatable bonds is 13. The summed E-state index contributed by atoms with van der Waals surface area (Å²) in [7, 11) is 0. The van der Waals surface area contributed by atoms with Gasteiger partial charge in [-0.2, -0.15) is 0 Å². The molecule has 0 atom stereocenters. The van der Waals surface area contributed by atoms with Crippen molar-refractivity contribution >= 4 is 11.8 Å². The van der Waals surface area contributed by atoms with Crippen molar-refractivity contribution in [1.82, 2.24) is 15.6 Å². The number of hydrogen-bond donors (Lipinski definition) is 2. The summed E-state index contributed by atoms with van der Waals surface area (Å²) in [6.07, 6.45) is 6.02. The van der Waals surface area contributed by atoms with E-state index in [1.165, 1.54) is 11.4 Å². The quantitative estimate of drug-likeness (QED) is 0.158. The summed E-state index contributed by atoms with van der Waals surface area (Å²) in [6.45, 7) is 43.7. The number of ether oxygens (including phenoxy) is 2. The van der Waals surface area contributed by atoms with Gasteiger partial charge in [0, 0.05) is 37.7 Å². The van der Waals surface area contributed by atoms with Crippen LogP contribution in [0.2, 0.25) is 0 Å². The van der Waals surface area contributed by atoms with Gasteiger partial charge in [-0.3, -0.25) is 14.6 Å². The minimum atomic E-state index is -0.534. The van der Waals surface area contributed by atoms with Gasteiger partial charge in [-0.1, -0.05) is 131 Å². The van der Waals surface area contributed by atoms with Crippen molar-refractivity contribution in [3.63, 3.8) is 0 Å². The maximum atomic E-state index is 11.5. The van der Waals surface area contributed by atoms with E-state index in [0.717, 1.165) is 65.0 Å². The highest BCUT2D eigenvalue weighted by Crippen LogP contribution is 2.23. The molecule has 7 nitrogen and oxygen atoms in total. The van der Waals surface area contributed by atoms with Crippen LogP contribution in [0.4, 0.5) is 0 Å². The Hall–Kier alpha value is -1.99. The molecule has 0 saturated carbocycles. The summed E-state index contributed by atoms with van der Waals surface area (Å²) >= 11 is 0. The summed E-state index contributed by atoms with van der Waals surface area (Å²) < 4.78 is 11.0. The minimum absolute atomic E-state index is 0.163. The summed E-state index contributed by atoms with van der Waals surface area (Å²) in [5.41, 5.74) is 4.12. The van der Waals surface area contributed by atoms with Crippen LogP contribution in [0.3, 0.4) is 0 Å². The molecule has 1 rings (SSSR count). The number of carbonyl (C=O) groups is 2. The molecular formula is C43H83N3O4. The number of aromatic nitrogens is 1. The minimum Gasteiger partial charge on any atom is -0.379 e. The van der Waals surface area contributed by atoms with E-state index in [2.05, 4.69) is 153 Å². The second-order valence-electron chi connectivity index (χ2n) is 21.1. The standard InChI is InChI=1S/C15H25N.C14H28N2O2.C14H30O2/c1-14(2,3)10-12-8-7-9-13(16-12)11-15(4,5)6;1-13(2,3)7-9-15-11(17)12(18)16-10-8-14(4,5)6;1-13(2,3)7-9-15-11-12-16-10-8-14(4,5)6/h7-9H,10-11H2,1-6H3;7-10H2,1-6H3,(H,15,17)(H,16,18);7-12H2,1-6H3. The van der Waals surface area contributed by atoms with Crippen LogP contribution in [0.25, 0.3) is 0 Å². The van der Waals surface area contributed by atoms with Gasteiger partial charge in [0.2, 0.25) is 0 Å². The van der Waals surface area contributed by atoms with E-state index < -0.39 is 11.8 Å². The summed E-state index contributed by atoms with van der Waals surface area (Å²) in [5.74, 6) is -1.07. The SMILES string of the molecule is CC(C)(C)CCNC(=O)C(=O)NCCC(C)(C)C.CC(C)(C)CCOCCOCCC(C)(C)C.CC(C)(C)Cc1cccc(CC(C)(C)C)n1. The van der Waals surface area contributed by atoms with Crippen LogP contribution in [0, 0.1) is 32.5 Å². The maximum absolute atomic E-state index is 11.5. The Kier molecular flexibility index (Phi) is 22.9. The lowest BCUT2D eigenvalue weighted by molar-refractivity contribution is -0.139. The predicted octanol–water partition coefficient (Wildman–Crippen LogP) is 10.2. The van der Waals surface area contributed by atoms with Crippen LogP contribution in [0.5, 0.6) is 0 Å². The van der Waals surface area contributed by atoms with Crippen molar-refractivity contribution in [2.75, 3.05) is 39.5 Å². The van der Waals surface area contributed by atoms with Crippen LogP contribution in [-0.4, -0.2) is 56.3 Å². The molecule has 0 aromatic carbocycles. The topological polar surface area (TPSA) is 89.6 Å². The highest BCUT2D eigenvalue weighted by Gasteiger charge is 2.18. The average Bonchev–Trinajstić information content (AvgIpc) is 2.86. The molecule has 0 aliphatic carbocycles. The predicted molar refractivity (Wildman–Crippen MR) is 215 cm³/mol. The second-order valence-corrected chi connectivity index (χ2v) is 21.1. The molecule has 0 unspecified atom stereocenters. The van der Waals surface area contributed by atoms with Crippen molar-refractivity contribution in [3.8, 4) is 0 Å². The van der Waals surface area contributed by atoms with Gasteiger partial charge in [0.15, 0.2) is 0 Å². The number of pyridine rings is 1. The van der Waals surface area contributed by atoms with Gasteiger partial charge >= 0.3 is 11.8 Å². The number of nitrogens with one attached hydrogen (secondary N) is 2. The molecular weight excluding hydrogens is 622 g/mol. The zero-order valence-electron chi connectivity index (χ0n) is 36.3. The molecule has 50 heavy (non-hydrogen) atoms. The second kappa shape index (κ2) is 22.8. The molecule has 2 N–H and O–H groups in total. The molecule has 7 heteroatoms. The highest BCUT2D eigenvalue weighted by molar-refractivity contribution is 6.35. The molecule has 1 heterocycles. The van der Waals surface area contributed by atoms with Gasteiger partial charge in [-0.05, 0) is 83.1 Å². The first-order valence-corrected chi connectivity index (χ1v) is 19.0. The third kappa shape index (κ3) is 38.8. The van der Waals surface area contributed by atoms with Crippen LogP contribution < -0.4 is 10.6 Å². The molecule has 1 aromatic heterocycles. The zero-order chi connectivity index (χ0) is 39.5. The third-order valence-corrected chi connectivity index (χ3v) is 7.18. The fraction of sp³-hybridized carbons (Fsp3) is 0.837. The van der Waals surface area contributed by atoms with E-state index in [1.54, 1.807) is 0 Å². The number of nitrogens with zero attached hydrogens (tertiary/aromatic N) is 1. The fourth-order valence-corrected chi connectivity index (χ4v) is 4.15. The lowest BCUT2D eigenvalue weighted by Gasteiger charge is -2.20. The van der Waals surface area contributed by atoms with Gasteiger partial charge in [-0.15, -0.1) is 0 Å². The molecule has 0 bridgehead atoms. The third-order valence-electron chi connectivity index (χ3n) is 7.18. The summed E-state index contributed by atoms with van der Waals surface area (Å²) in [5, 5.41) is 5.27. The Balaban J connectivity index is 0. The van der Waals surface area contributed by atoms with Crippen molar-refractivity contribution in [3.05, 3.63) is 29.6 Å².